The summed E-state index contributed by atoms with van der Waals surface area (Å²) in [6.45, 7) is 4.74. The van der Waals surface area contributed by atoms with E-state index in [0.717, 1.165) is 12.8 Å². The van der Waals surface area contributed by atoms with E-state index < -0.39 is 10.8 Å². The van der Waals surface area contributed by atoms with Crippen molar-refractivity contribution in [3.63, 3.8) is 0 Å². The van der Waals surface area contributed by atoms with Gasteiger partial charge in [-0.25, -0.2) is 0 Å². The van der Waals surface area contributed by atoms with E-state index in [-0.39, 0.29) is 23.9 Å². The highest BCUT2D eigenvalue weighted by molar-refractivity contribution is 5.98. The second-order valence-corrected chi connectivity index (χ2v) is 5.79. The number of nitro groups is 1. The van der Waals surface area contributed by atoms with Gasteiger partial charge < -0.3 is 10.2 Å². The van der Waals surface area contributed by atoms with Gasteiger partial charge in [-0.2, -0.15) is 0 Å². The number of nitrogens with zero attached hydrogens (tertiary/aromatic N) is 2. The zero-order chi connectivity index (χ0) is 17.0. The summed E-state index contributed by atoms with van der Waals surface area (Å²) in [6, 6.07) is 4.57. The van der Waals surface area contributed by atoms with Crippen LogP contribution in [-0.4, -0.2) is 34.7 Å². The molecule has 23 heavy (non-hydrogen) atoms. The molecule has 124 valence electrons. The van der Waals surface area contributed by atoms with Crippen LogP contribution < -0.4 is 5.32 Å². The number of amides is 2. The molecule has 1 aromatic carbocycles. The second-order valence-electron chi connectivity index (χ2n) is 5.79. The van der Waals surface area contributed by atoms with Crippen LogP contribution in [0.2, 0.25) is 0 Å². The zero-order valence-electron chi connectivity index (χ0n) is 13.4. The maximum atomic E-state index is 12.4. The molecule has 1 heterocycles. The number of benzene rings is 1. The van der Waals surface area contributed by atoms with Crippen LogP contribution in [0.15, 0.2) is 18.2 Å². The second kappa shape index (κ2) is 7.21. The molecule has 1 aromatic rings. The predicted molar refractivity (Wildman–Crippen MR) is 86.1 cm³/mol. The minimum atomic E-state index is -0.476. The standard InChI is InChI=1S/C16H21N3O4/c1-3-4-8-18-10-12(9-15(18)20)16(21)17-13-6-5-7-14(11(13)2)19(22)23/h5-7,12H,3-4,8-10H2,1-2H3,(H,17,21)/t12-/m0/s1. The number of carbonyl (C=O) groups is 2. The largest absolute Gasteiger partial charge is 0.342 e. The van der Waals surface area contributed by atoms with Gasteiger partial charge in [0.1, 0.15) is 0 Å². The van der Waals surface area contributed by atoms with E-state index in [1.165, 1.54) is 12.1 Å². The van der Waals surface area contributed by atoms with Crippen LogP contribution in [0.5, 0.6) is 0 Å². The van der Waals surface area contributed by atoms with Crippen molar-refractivity contribution in [1.82, 2.24) is 4.90 Å². The molecule has 0 aliphatic carbocycles. The van der Waals surface area contributed by atoms with E-state index in [4.69, 9.17) is 0 Å². The third kappa shape index (κ3) is 3.85. The quantitative estimate of drug-likeness (QED) is 0.644. The molecule has 0 aromatic heterocycles. The lowest BCUT2D eigenvalue weighted by Crippen LogP contribution is -2.29. The Hall–Kier alpha value is -2.44. The van der Waals surface area contributed by atoms with Gasteiger partial charge in [0, 0.05) is 25.6 Å². The van der Waals surface area contributed by atoms with E-state index in [9.17, 15) is 19.7 Å². The van der Waals surface area contributed by atoms with Gasteiger partial charge in [-0.15, -0.1) is 0 Å². The SMILES string of the molecule is CCCCN1C[C@@H](C(=O)Nc2cccc([N+](=O)[O-])c2C)CC1=O. The lowest BCUT2D eigenvalue weighted by molar-refractivity contribution is -0.385. The van der Waals surface area contributed by atoms with Crippen molar-refractivity contribution in [2.24, 2.45) is 5.92 Å². The molecule has 2 amide bonds. The van der Waals surface area contributed by atoms with Crippen molar-refractivity contribution in [3.8, 4) is 0 Å². The Morgan fingerprint density at radius 3 is 2.87 bits per heavy atom. The molecule has 7 nitrogen and oxygen atoms in total. The summed E-state index contributed by atoms with van der Waals surface area (Å²) in [7, 11) is 0. The van der Waals surface area contributed by atoms with Crippen molar-refractivity contribution in [2.75, 3.05) is 18.4 Å². The first kappa shape index (κ1) is 16.9. The van der Waals surface area contributed by atoms with Crippen molar-refractivity contribution in [2.45, 2.75) is 33.1 Å². The molecular weight excluding hydrogens is 298 g/mol. The number of carbonyl (C=O) groups excluding carboxylic acids is 2. The number of nitro benzene ring substituents is 1. The molecule has 0 radical (unpaired) electrons. The van der Waals surface area contributed by atoms with Crippen molar-refractivity contribution in [1.29, 1.82) is 0 Å². The molecule has 1 N–H and O–H groups in total. The van der Waals surface area contributed by atoms with Crippen LogP contribution >= 0.6 is 0 Å². The summed E-state index contributed by atoms with van der Waals surface area (Å²) in [5.41, 5.74) is 0.802. The van der Waals surface area contributed by atoms with Gasteiger partial charge in [0.05, 0.1) is 22.1 Å². The van der Waals surface area contributed by atoms with Gasteiger partial charge in [0.25, 0.3) is 5.69 Å². The van der Waals surface area contributed by atoms with Gasteiger partial charge in [0.2, 0.25) is 11.8 Å². The lowest BCUT2D eigenvalue weighted by Gasteiger charge is -2.16. The van der Waals surface area contributed by atoms with E-state index >= 15 is 0 Å². The van der Waals surface area contributed by atoms with Crippen LogP contribution in [0.25, 0.3) is 0 Å². The molecule has 1 saturated heterocycles. The highest BCUT2D eigenvalue weighted by atomic mass is 16.6. The molecule has 1 atom stereocenters. The monoisotopic (exact) mass is 319 g/mol. The average Bonchev–Trinajstić information content (AvgIpc) is 2.88. The van der Waals surface area contributed by atoms with E-state index in [1.807, 2.05) is 0 Å². The molecule has 0 spiro atoms. The summed E-state index contributed by atoms with van der Waals surface area (Å²) in [5.74, 6) is -0.673. The Bertz CT molecular complexity index is 630. The number of hydrogen-bond donors (Lipinski definition) is 1. The Morgan fingerprint density at radius 1 is 1.48 bits per heavy atom. The highest BCUT2D eigenvalue weighted by Gasteiger charge is 2.34. The van der Waals surface area contributed by atoms with Gasteiger partial charge in [0.15, 0.2) is 0 Å². The fourth-order valence-electron chi connectivity index (χ4n) is 2.70. The third-order valence-corrected chi connectivity index (χ3v) is 4.13. The smallest absolute Gasteiger partial charge is 0.274 e. The van der Waals surface area contributed by atoms with E-state index in [1.54, 1.807) is 17.9 Å². The van der Waals surface area contributed by atoms with Crippen molar-refractivity contribution in [3.05, 3.63) is 33.9 Å². The summed E-state index contributed by atoms with van der Waals surface area (Å²) < 4.78 is 0. The normalized spacial score (nSPS) is 17.4. The third-order valence-electron chi connectivity index (χ3n) is 4.13. The fourth-order valence-corrected chi connectivity index (χ4v) is 2.70. The summed E-state index contributed by atoms with van der Waals surface area (Å²) in [6.07, 6.45) is 2.11. The van der Waals surface area contributed by atoms with Crippen LogP contribution in [0.3, 0.4) is 0 Å². The molecular formula is C16H21N3O4. The van der Waals surface area contributed by atoms with Crippen molar-refractivity contribution >= 4 is 23.2 Å². The van der Waals surface area contributed by atoms with Crippen LogP contribution in [0.4, 0.5) is 11.4 Å². The molecule has 7 heteroatoms. The minimum Gasteiger partial charge on any atom is -0.342 e. The van der Waals surface area contributed by atoms with Crippen LogP contribution in [0, 0.1) is 23.0 Å². The fraction of sp³-hybridized carbons (Fsp3) is 0.500. The first-order valence-electron chi connectivity index (χ1n) is 7.76. The van der Waals surface area contributed by atoms with E-state index in [2.05, 4.69) is 12.2 Å². The van der Waals surface area contributed by atoms with E-state index in [0.29, 0.717) is 24.3 Å². The van der Waals surface area contributed by atoms with Gasteiger partial charge in [-0.05, 0) is 19.4 Å². The first-order valence-corrected chi connectivity index (χ1v) is 7.76. The highest BCUT2D eigenvalue weighted by Crippen LogP contribution is 2.27. The minimum absolute atomic E-state index is 0.00522. The Morgan fingerprint density at radius 2 is 2.22 bits per heavy atom. The summed E-state index contributed by atoms with van der Waals surface area (Å²) >= 11 is 0. The lowest BCUT2D eigenvalue weighted by atomic mass is 10.1. The Kier molecular flexibility index (Phi) is 5.31. The maximum absolute atomic E-state index is 12.4. The molecule has 1 fully saturated rings. The Balaban J connectivity index is 2.04. The predicted octanol–water partition coefficient (Wildman–Crippen LogP) is 2.49. The molecule has 1 aliphatic rings. The first-order chi connectivity index (χ1) is 10.9. The van der Waals surface area contributed by atoms with Crippen LogP contribution in [-0.2, 0) is 9.59 Å². The molecule has 0 bridgehead atoms. The molecule has 1 aliphatic heterocycles. The number of nitrogens with one attached hydrogen (secondary N) is 1. The average molecular weight is 319 g/mol. The van der Waals surface area contributed by atoms with Gasteiger partial charge in [-0.1, -0.05) is 19.4 Å². The number of rotatable bonds is 6. The molecule has 0 saturated carbocycles. The van der Waals surface area contributed by atoms with Crippen LogP contribution in [0.1, 0.15) is 31.7 Å². The number of hydrogen-bond acceptors (Lipinski definition) is 4. The number of likely N-dealkylation sites (tertiary alicyclic amines) is 1. The molecule has 0 unspecified atom stereocenters. The van der Waals surface area contributed by atoms with Gasteiger partial charge >= 0.3 is 0 Å². The maximum Gasteiger partial charge on any atom is 0.274 e. The number of anilines is 1. The van der Waals surface area contributed by atoms with Gasteiger partial charge in [-0.3, -0.25) is 19.7 Å². The zero-order valence-corrected chi connectivity index (χ0v) is 13.4. The summed E-state index contributed by atoms with van der Waals surface area (Å²) in [5, 5.41) is 13.7. The number of unbranched alkanes of at least 4 members (excludes halogenated alkanes) is 1. The van der Waals surface area contributed by atoms with Crippen molar-refractivity contribution < 1.29 is 14.5 Å². The topological polar surface area (TPSA) is 92.6 Å². The molecule has 2 rings (SSSR count). The summed E-state index contributed by atoms with van der Waals surface area (Å²) in [4.78, 5) is 36.5. The Labute approximate surface area is 134 Å².